The van der Waals surface area contributed by atoms with Crippen LogP contribution in [0.2, 0.25) is 0 Å². The molecule has 40 heavy (non-hydrogen) atoms. The normalized spacial score (nSPS) is 12.6. The minimum absolute atomic E-state index is 0.664. The molecule has 2 aromatic heterocycles. The molecule has 0 radical (unpaired) electrons. The molecular weight excluding hydrogens is 508 g/mol. The fourth-order valence-electron chi connectivity index (χ4n) is 5.43. The quantitative estimate of drug-likeness (QED) is 0.213. The van der Waals surface area contributed by atoms with Gasteiger partial charge in [-0.15, -0.1) is 11.3 Å². The van der Waals surface area contributed by atoms with E-state index in [0.717, 1.165) is 28.8 Å². The van der Waals surface area contributed by atoms with Gasteiger partial charge >= 0.3 is 0 Å². The fraction of sp³-hybridized carbons (Fsp3) is 0.0286. The summed E-state index contributed by atoms with van der Waals surface area (Å²) in [5.41, 5.74) is 6.64. The molecule has 0 saturated carbocycles. The molecule has 0 saturated heterocycles. The van der Waals surface area contributed by atoms with Gasteiger partial charge in [-0.3, -0.25) is 0 Å². The molecule has 1 aliphatic rings. The van der Waals surface area contributed by atoms with Crippen molar-refractivity contribution in [3.8, 4) is 34.2 Å². The molecule has 188 valence electrons. The Morgan fingerprint density at radius 2 is 1.10 bits per heavy atom. The molecule has 0 atom stereocenters. The minimum atomic E-state index is 0.664. The third-order valence-corrected chi connectivity index (χ3v) is 8.57. The van der Waals surface area contributed by atoms with Gasteiger partial charge in [0, 0.05) is 60.6 Å². The Labute approximate surface area is 235 Å². The van der Waals surface area contributed by atoms with E-state index in [2.05, 4.69) is 71.5 Å². The first-order valence-electron chi connectivity index (χ1n) is 13.3. The second-order valence-electron chi connectivity index (χ2n) is 9.92. The number of thiophene rings is 1. The largest absolute Gasteiger partial charge is 0.216 e. The zero-order valence-corrected chi connectivity index (χ0v) is 22.3. The monoisotopic (exact) mass is 531 g/mol. The highest BCUT2D eigenvalue weighted by Gasteiger charge is 2.26. The Morgan fingerprint density at radius 3 is 1.75 bits per heavy atom. The summed E-state index contributed by atoms with van der Waals surface area (Å²) >= 11 is 1.86. The maximum absolute atomic E-state index is 4.88. The first-order valence-corrected chi connectivity index (χ1v) is 14.2. The maximum Gasteiger partial charge on any atom is 0.216 e. The average Bonchev–Trinajstić information content (AvgIpc) is 3.61. The van der Waals surface area contributed by atoms with Gasteiger partial charge < -0.3 is 0 Å². The number of hydrogen-bond donors (Lipinski definition) is 0. The van der Waals surface area contributed by atoms with Gasteiger partial charge in [0.15, 0.2) is 23.7 Å². The molecule has 8 rings (SSSR count). The van der Waals surface area contributed by atoms with Crippen LogP contribution in [-0.4, -0.2) is 21.2 Å². The van der Waals surface area contributed by atoms with Crippen molar-refractivity contribution in [3.63, 3.8) is 0 Å². The van der Waals surface area contributed by atoms with Crippen LogP contribution in [-0.2, 0) is 6.42 Å². The van der Waals surface area contributed by atoms with Crippen molar-refractivity contribution < 1.29 is 0 Å². The van der Waals surface area contributed by atoms with Crippen molar-refractivity contribution >= 4 is 49.1 Å². The van der Waals surface area contributed by atoms with Crippen LogP contribution in [0.3, 0.4) is 0 Å². The topological polar surface area (TPSA) is 41.7 Å². The van der Waals surface area contributed by atoms with Gasteiger partial charge in [-0.1, -0.05) is 78.9 Å². The van der Waals surface area contributed by atoms with Crippen LogP contribution in [0.4, 0.5) is 11.4 Å². The van der Waals surface area contributed by atoms with Crippen LogP contribution < -0.4 is 4.58 Å². The number of benzene rings is 5. The van der Waals surface area contributed by atoms with E-state index in [4.69, 9.17) is 15.0 Å². The van der Waals surface area contributed by atoms with Gasteiger partial charge in [0.25, 0.3) is 0 Å². The summed E-state index contributed by atoms with van der Waals surface area (Å²) in [5.74, 6) is 2.00. The molecule has 0 amide bonds. The Bertz CT molecular complexity index is 2000. The van der Waals surface area contributed by atoms with Gasteiger partial charge in [0.05, 0.1) is 6.42 Å². The first-order chi connectivity index (χ1) is 19.8. The van der Waals surface area contributed by atoms with Crippen molar-refractivity contribution in [2.75, 3.05) is 0 Å². The molecule has 5 heteroatoms. The van der Waals surface area contributed by atoms with E-state index in [1.807, 2.05) is 72.0 Å². The van der Waals surface area contributed by atoms with Crippen molar-refractivity contribution in [2.24, 2.45) is 0 Å². The molecule has 4 nitrogen and oxygen atoms in total. The summed E-state index contributed by atoms with van der Waals surface area (Å²) in [5, 5.41) is 2.69. The van der Waals surface area contributed by atoms with E-state index < -0.39 is 0 Å². The van der Waals surface area contributed by atoms with Crippen molar-refractivity contribution in [1.82, 2.24) is 19.5 Å². The van der Waals surface area contributed by atoms with Crippen LogP contribution in [0.25, 0.3) is 54.3 Å². The van der Waals surface area contributed by atoms with E-state index in [9.17, 15) is 0 Å². The average molecular weight is 532 g/mol. The minimum Gasteiger partial charge on any atom is -0.208 e. The summed E-state index contributed by atoms with van der Waals surface area (Å²) in [6, 6.07) is 42.1. The molecule has 5 aromatic carbocycles. The third kappa shape index (κ3) is 3.91. The standard InChI is InChI=1S/C35H23N4S/c1-3-9-23(10-4-1)33-36-34(24-11-5-2-6-12-24)38-35(37-33)25-15-17-27(18-16-25)39-20-19-26-21-29-28-13-7-8-14-31(28)40-32(29)22-30(26)39/h1-18,20-22H,19H2/q+1. The SMILES string of the molecule is C1=[N+](c2ccc(-c3nc(-c4ccccc4)nc(-c4ccccc4)n3)cc2)c2cc3sc4ccccc4c3cc2C1. The van der Waals surface area contributed by atoms with E-state index >= 15 is 0 Å². The van der Waals surface area contributed by atoms with Gasteiger partial charge in [0.1, 0.15) is 0 Å². The first kappa shape index (κ1) is 22.9. The van der Waals surface area contributed by atoms with Gasteiger partial charge in [-0.2, -0.15) is 4.58 Å². The van der Waals surface area contributed by atoms with E-state index in [1.54, 1.807) is 0 Å². The summed E-state index contributed by atoms with van der Waals surface area (Å²) in [6.07, 6.45) is 3.20. The molecule has 7 aromatic rings. The van der Waals surface area contributed by atoms with Crippen molar-refractivity contribution in [3.05, 3.63) is 127 Å². The number of hydrogen-bond acceptors (Lipinski definition) is 4. The number of rotatable bonds is 4. The molecule has 3 heterocycles. The predicted molar refractivity (Wildman–Crippen MR) is 167 cm³/mol. The second kappa shape index (κ2) is 9.33. The van der Waals surface area contributed by atoms with Crippen LogP contribution in [0.1, 0.15) is 5.56 Å². The highest BCUT2D eigenvalue weighted by Crippen LogP contribution is 2.40. The smallest absolute Gasteiger partial charge is 0.208 e. The van der Waals surface area contributed by atoms with Gasteiger partial charge in [-0.25, -0.2) is 15.0 Å². The number of fused-ring (bicyclic) bond motifs is 4. The number of nitrogens with zero attached hydrogens (tertiary/aromatic N) is 4. The molecule has 0 aliphatic carbocycles. The zero-order chi connectivity index (χ0) is 26.5. The third-order valence-electron chi connectivity index (χ3n) is 7.43. The lowest BCUT2D eigenvalue weighted by molar-refractivity contribution is 1.07. The lowest BCUT2D eigenvalue weighted by atomic mass is 10.1. The molecule has 1 aliphatic heterocycles. The Hall–Kier alpha value is -5.00. The predicted octanol–water partition coefficient (Wildman–Crippen LogP) is 8.70. The molecule has 0 spiro atoms. The maximum atomic E-state index is 4.88. The van der Waals surface area contributed by atoms with Crippen LogP contribution in [0.15, 0.2) is 121 Å². The number of aromatic nitrogens is 3. The molecule has 0 N–H and O–H groups in total. The molecule has 0 fully saturated rings. The summed E-state index contributed by atoms with van der Waals surface area (Å²) in [4.78, 5) is 14.6. The summed E-state index contributed by atoms with van der Waals surface area (Å²) in [6.45, 7) is 0. The molecule has 0 unspecified atom stereocenters. The van der Waals surface area contributed by atoms with Crippen LogP contribution in [0, 0.1) is 0 Å². The van der Waals surface area contributed by atoms with Gasteiger partial charge in [-0.05, 0) is 24.3 Å². The summed E-state index contributed by atoms with van der Waals surface area (Å²) in [7, 11) is 0. The molecular formula is C35H23N4S+. The lowest BCUT2D eigenvalue weighted by Crippen LogP contribution is -2.02. The second-order valence-corrected chi connectivity index (χ2v) is 11.0. The zero-order valence-electron chi connectivity index (χ0n) is 21.5. The van der Waals surface area contributed by atoms with Crippen LogP contribution in [0.5, 0.6) is 0 Å². The lowest BCUT2D eigenvalue weighted by Gasteiger charge is -2.08. The van der Waals surface area contributed by atoms with E-state index in [-0.39, 0.29) is 0 Å². The Balaban J connectivity index is 1.18. The van der Waals surface area contributed by atoms with E-state index in [1.165, 1.54) is 31.4 Å². The van der Waals surface area contributed by atoms with Gasteiger partial charge in [0.2, 0.25) is 11.4 Å². The Kier molecular flexibility index (Phi) is 5.35. The van der Waals surface area contributed by atoms with Crippen molar-refractivity contribution in [1.29, 1.82) is 0 Å². The Morgan fingerprint density at radius 1 is 0.525 bits per heavy atom. The van der Waals surface area contributed by atoms with Crippen LogP contribution >= 0.6 is 11.3 Å². The summed E-state index contributed by atoms with van der Waals surface area (Å²) < 4.78 is 4.97. The van der Waals surface area contributed by atoms with E-state index in [0.29, 0.717) is 17.5 Å². The highest BCUT2D eigenvalue weighted by atomic mass is 32.1. The highest BCUT2D eigenvalue weighted by molar-refractivity contribution is 7.25. The molecule has 0 bridgehead atoms. The van der Waals surface area contributed by atoms with Crippen molar-refractivity contribution in [2.45, 2.75) is 6.42 Å². The fourth-order valence-corrected chi connectivity index (χ4v) is 6.56.